The zero-order valence-corrected chi connectivity index (χ0v) is 7.35. The van der Waals surface area contributed by atoms with Crippen LogP contribution in [-0.2, 0) is 10.9 Å². The molecular weight excluding hydrogens is 160 g/mol. The first kappa shape index (κ1) is 8.27. The fraction of sp³-hybridized carbons (Fsp3) is 0.250. The van der Waals surface area contributed by atoms with E-state index >= 15 is 0 Å². The molecule has 0 atom stereocenters. The molecular formula is C8H11O2S+. The van der Waals surface area contributed by atoms with Crippen LogP contribution in [0.4, 0.5) is 0 Å². The van der Waals surface area contributed by atoms with Crippen molar-refractivity contribution in [1.82, 2.24) is 0 Å². The highest BCUT2D eigenvalue weighted by Crippen LogP contribution is 2.26. The molecule has 2 N–H and O–H groups in total. The summed E-state index contributed by atoms with van der Waals surface area (Å²) in [5.74, 6) is 0.468. The van der Waals surface area contributed by atoms with Crippen LogP contribution < -0.4 is 0 Å². The van der Waals surface area contributed by atoms with Gasteiger partial charge in [0.15, 0.2) is 10.6 Å². The Balaban J connectivity index is 3.13. The van der Waals surface area contributed by atoms with E-state index in [4.69, 9.17) is 5.11 Å². The molecule has 11 heavy (non-hydrogen) atoms. The molecule has 1 rings (SSSR count). The maximum atomic E-state index is 9.30. The second kappa shape index (κ2) is 3.05. The lowest BCUT2D eigenvalue weighted by molar-refractivity contribution is 0.448. The van der Waals surface area contributed by atoms with E-state index in [1.54, 1.807) is 6.07 Å². The fourth-order valence-corrected chi connectivity index (χ4v) is 1.67. The topological polar surface area (TPSA) is 40.5 Å². The number of aromatic hydroxyl groups is 2. The van der Waals surface area contributed by atoms with Crippen molar-refractivity contribution in [1.29, 1.82) is 0 Å². The monoisotopic (exact) mass is 171 g/mol. The third-order valence-corrected chi connectivity index (χ3v) is 2.59. The lowest BCUT2D eigenvalue weighted by Crippen LogP contribution is -1.95. The lowest BCUT2D eigenvalue weighted by Gasteiger charge is -1.99. The van der Waals surface area contributed by atoms with Crippen LogP contribution in [0.2, 0.25) is 0 Å². The molecule has 0 saturated heterocycles. The Kier molecular flexibility index (Phi) is 2.29. The summed E-state index contributed by atoms with van der Waals surface area (Å²) in [5, 5.41) is 18.4. The summed E-state index contributed by atoms with van der Waals surface area (Å²) in [6.07, 6.45) is 3.99. The number of hydrogen-bond donors (Lipinski definition) is 2. The Bertz CT molecular complexity index is 258. The van der Waals surface area contributed by atoms with Crippen molar-refractivity contribution in [3.8, 4) is 11.5 Å². The highest BCUT2D eigenvalue weighted by Gasteiger charge is 2.14. The van der Waals surface area contributed by atoms with Gasteiger partial charge in [0.05, 0.1) is 0 Å². The number of hydrogen-bond acceptors (Lipinski definition) is 2. The van der Waals surface area contributed by atoms with Crippen molar-refractivity contribution in [2.45, 2.75) is 4.90 Å². The van der Waals surface area contributed by atoms with Gasteiger partial charge in [0, 0.05) is 17.0 Å². The predicted molar refractivity (Wildman–Crippen MR) is 47.3 cm³/mol. The van der Waals surface area contributed by atoms with Crippen LogP contribution in [0.5, 0.6) is 11.5 Å². The Morgan fingerprint density at radius 2 is 1.82 bits per heavy atom. The Morgan fingerprint density at radius 1 is 1.18 bits per heavy atom. The van der Waals surface area contributed by atoms with Gasteiger partial charge in [-0.2, -0.15) is 0 Å². The normalized spacial score (nSPS) is 10.5. The summed E-state index contributed by atoms with van der Waals surface area (Å²) in [4.78, 5) is 0.810. The molecule has 0 amide bonds. The minimum atomic E-state index is -0.0108. The minimum Gasteiger partial charge on any atom is -0.508 e. The third kappa shape index (κ3) is 1.80. The number of phenols is 2. The van der Waals surface area contributed by atoms with E-state index in [1.165, 1.54) is 12.1 Å². The molecule has 1 aromatic rings. The maximum Gasteiger partial charge on any atom is 0.199 e. The van der Waals surface area contributed by atoms with Crippen LogP contribution in [-0.4, -0.2) is 22.7 Å². The Hall–Kier alpha value is -0.830. The molecule has 0 aliphatic rings. The van der Waals surface area contributed by atoms with Gasteiger partial charge in [0.1, 0.15) is 18.3 Å². The van der Waals surface area contributed by atoms with Crippen LogP contribution in [0, 0.1) is 0 Å². The van der Waals surface area contributed by atoms with Crippen molar-refractivity contribution >= 4 is 10.9 Å². The number of benzene rings is 1. The van der Waals surface area contributed by atoms with E-state index in [-0.39, 0.29) is 22.4 Å². The van der Waals surface area contributed by atoms with Crippen LogP contribution >= 0.6 is 0 Å². The largest absolute Gasteiger partial charge is 0.508 e. The van der Waals surface area contributed by atoms with Gasteiger partial charge < -0.3 is 10.2 Å². The van der Waals surface area contributed by atoms with Gasteiger partial charge in [0.2, 0.25) is 0 Å². The van der Waals surface area contributed by atoms with Crippen LogP contribution in [0.3, 0.4) is 0 Å². The van der Waals surface area contributed by atoms with Gasteiger partial charge in [-0.3, -0.25) is 0 Å². The van der Waals surface area contributed by atoms with Crippen LogP contribution in [0.1, 0.15) is 0 Å². The van der Waals surface area contributed by atoms with E-state index in [9.17, 15) is 5.11 Å². The Labute approximate surface area is 68.8 Å². The van der Waals surface area contributed by atoms with Crippen molar-refractivity contribution in [3.63, 3.8) is 0 Å². The van der Waals surface area contributed by atoms with E-state index in [0.717, 1.165) is 4.90 Å². The first-order valence-electron chi connectivity index (χ1n) is 3.21. The van der Waals surface area contributed by atoms with Gasteiger partial charge in [-0.15, -0.1) is 0 Å². The van der Waals surface area contributed by atoms with Crippen molar-refractivity contribution < 1.29 is 10.2 Å². The summed E-state index contributed by atoms with van der Waals surface area (Å²) < 4.78 is 0. The molecule has 0 aromatic heterocycles. The minimum absolute atomic E-state index is 0.0108. The van der Waals surface area contributed by atoms with E-state index in [0.29, 0.717) is 0 Å². The van der Waals surface area contributed by atoms with Gasteiger partial charge in [-0.1, -0.05) is 0 Å². The number of phenolic OH excluding ortho intramolecular Hbond substituents is 2. The molecule has 0 aliphatic heterocycles. The van der Waals surface area contributed by atoms with E-state index in [1.807, 2.05) is 12.5 Å². The van der Waals surface area contributed by atoms with Gasteiger partial charge in [-0.05, 0) is 12.1 Å². The zero-order valence-electron chi connectivity index (χ0n) is 6.53. The molecule has 0 spiro atoms. The Morgan fingerprint density at radius 3 is 2.27 bits per heavy atom. The molecule has 2 nitrogen and oxygen atoms in total. The average molecular weight is 171 g/mol. The van der Waals surface area contributed by atoms with Crippen LogP contribution in [0.15, 0.2) is 23.1 Å². The van der Waals surface area contributed by atoms with Gasteiger partial charge in [0.25, 0.3) is 0 Å². The maximum absolute atomic E-state index is 9.30. The van der Waals surface area contributed by atoms with Crippen molar-refractivity contribution in [3.05, 3.63) is 18.2 Å². The smallest absolute Gasteiger partial charge is 0.199 e. The fourth-order valence-electron chi connectivity index (χ4n) is 0.830. The highest BCUT2D eigenvalue weighted by molar-refractivity contribution is 7.95. The van der Waals surface area contributed by atoms with Crippen LogP contribution in [0.25, 0.3) is 0 Å². The highest BCUT2D eigenvalue weighted by atomic mass is 32.2. The first-order valence-corrected chi connectivity index (χ1v) is 5.25. The summed E-state index contributed by atoms with van der Waals surface area (Å²) in [6, 6.07) is 4.59. The molecule has 0 unspecified atom stereocenters. The second-order valence-electron chi connectivity index (χ2n) is 2.47. The SMILES string of the molecule is C[S+](C)c1cc(O)ccc1O. The first-order chi connectivity index (χ1) is 5.11. The quantitative estimate of drug-likeness (QED) is 0.494. The molecule has 0 aliphatic carbocycles. The summed E-state index contributed by atoms with van der Waals surface area (Å²) in [7, 11) is -0.0108. The molecule has 0 bridgehead atoms. The van der Waals surface area contributed by atoms with Gasteiger partial charge >= 0.3 is 0 Å². The zero-order chi connectivity index (χ0) is 8.43. The molecule has 60 valence electrons. The molecule has 0 radical (unpaired) electrons. The number of rotatable bonds is 1. The van der Waals surface area contributed by atoms with E-state index in [2.05, 4.69) is 0 Å². The second-order valence-corrected chi connectivity index (χ2v) is 4.54. The molecule has 0 heterocycles. The molecule has 1 aromatic carbocycles. The van der Waals surface area contributed by atoms with Crippen molar-refractivity contribution in [2.24, 2.45) is 0 Å². The molecule has 0 fully saturated rings. The van der Waals surface area contributed by atoms with Gasteiger partial charge in [-0.25, -0.2) is 0 Å². The summed E-state index contributed by atoms with van der Waals surface area (Å²) in [6.45, 7) is 0. The summed E-state index contributed by atoms with van der Waals surface area (Å²) >= 11 is 0. The van der Waals surface area contributed by atoms with Crippen molar-refractivity contribution in [2.75, 3.05) is 12.5 Å². The van der Waals surface area contributed by atoms with E-state index < -0.39 is 0 Å². The molecule has 0 saturated carbocycles. The summed E-state index contributed by atoms with van der Waals surface area (Å²) in [5.41, 5.74) is 0. The lowest BCUT2D eigenvalue weighted by atomic mass is 10.3. The predicted octanol–water partition coefficient (Wildman–Crippen LogP) is 1.33. The molecule has 3 heteroatoms. The standard InChI is InChI=1S/C8H10O2S/c1-11(2)8-5-6(9)3-4-7(8)10/h3-5H,1-2H3,(H-,9,10)/p+1. The average Bonchev–Trinajstić information content (AvgIpc) is 1.94. The third-order valence-electron chi connectivity index (χ3n) is 1.38.